The molecule has 1 saturated heterocycles. The summed E-state index contributed by atoms with van der Waals surface area (Å²) in [4.78, 5) is 18.5. The molecule has 1 fully saturated rings. The van der Waals surface area contributed by atoms with E-state index in [4.69, 9.17) is 0 Å². The lowest BCUT2D eigenvalue weighted by Crippen LogP contribution is -2.44. The van der Waals surface area contributed by atoms with Gasteiger partial charge in [0.1, 0.15) is 5.69 Å². The van der Waals surface area contributed by atoms with E-state index in [1.54, 1.807) is 6.20 Å². The topological polar surface area (TPSA) is 68.7 Å². The summed E-state index contributed by atoms with van der Waals surface area (Å²) in [6, 6.07) is 18.7. The minimum atomic E-state index is 0.228. The van der Waals surface area contributed by atoms with Crippen LogP contribution in [-0.4, -0.2) is 60.4 Å². The first-order chi connectivity index (χ1) is 15.6. The third kappa shape index (κ3) is 5.82. The number of hydrogen-bond donors (Lipinski definition) is 2. The Morgan fingerprint density at radius 3 is 2.38 bits per heavy atom. The highest BCUT2D eigenvalue weighted by Crippen LogP contribution is 2.26. The van der Waals surface area contributed by atoms with Gasteiger partial charge in [-0.2, -0.15) is 4.98 Å². The van der Waals surface area contributed by atoms with Gasteiger partial charge in [-0.25, -0.2) is 4.98 Å². The predicted molar refractivity (Wildman–Crippen MR) is 134 cm³/mol. The lowest BCUT2D eigenvalue weighted by atomic mass is 10.2. The van der Waals surface area contributed by atoms with E-state index in [2.05, 4.69) is 80.6 Å². The minimum absolute atomic E-state index is 0.228. The van der Waals surface area contributed by atoms with Gasteiger partial charge in [-0.15, -0.1) is 0 Å². The second kappa shape index (κ2) is 10.2. The van der Waals surface area contributed by atoms with Gasteiger partial charge in [0, 0.05) is 49.8 Å². The van der Waals surface area contributed by atoms with Gasteiger partial charge in [-0.05, 0) is 50.7 Å². The Hall–Kier alpha value is -3.45. The molecular weight excluding hydrogens is 398 g/mol. The molecule has 32 heavy (non-hydrogen) atoms. The molecule has 2 heterocycles. The normalized spacial score (nSPS) is 14.8. The van der Waals surface area contributed by atoms with Crippen LogP contribution in [0.5, 0.6) is 0 Å². The number of nitrogens with one attached hydrogen (secondary N) is 2. The number of nitrogens with zero attached hydrogens (tertiary/aromatic N) is 5. The number of anilines is 4. The molecule has 0 saturated carbocycles. The Morgan fingerprint density at radius 2 is 1.69 bits per heavy atom. The zero-order chi connectivity index (χ0) is 22.3. The van der Waals surface area contributed by atoms with Gasteiger partial charge in [0.25, 0.3) is 0 Å². The van der Waals surface area contributed by atoms with Crippen LogP contribution in [0.2, 0.25) is 0 Å². The van der Waals surface area contributed by atoms with Crippen LogP contribution in [0.25, 0.3) is 0 Å². The maximum absolute atomic E-state index is 4.68. The molecule has 1 aromatic heterocycles. The van der Waals surface area contributed by atoms with Crippen molar-refractivity contribution in [3.05, 3.63) is 66.4 Å². The Kier molecular flexibility index (Phi) is 6.97. The number of aliphatic imine (C=N–C) groups is 1. The molecule has 0 spiro atoms. The lowest BCUT2D eigenvalue weighted by Gasteiger charge is -2.34. The fourth-order valence-corrected chi connectivity index (χ4v) is 3.54. The summed E-state index contributed by atoms with van der Waals surface area (Å²) in [5.74, 6) is 1.25. The van der Waals surface area contributed by atoms with E-state index >= 15 is 0 Å². The fourth-order valence-electron chi connectivity index (χ4n) is 3.54. The summed E-state index contributed by atoms with van der Waals surface area (Å²) in [5.41, 5.74) is 3.94. The smallest absolute Gasteiger partial charge is 0.229 e. The van der Waals surface area contributed by atoms with E-state index < -0.39 is 0 Å². The molecule has 2 N–H and O–H groups in total. The fraction of sp³-hybridized carbons (Fsp3) is 0.320. The van der Waals surface area contributed by atoms with Crippen molar-refractivity contribution in [3.8, 4) is 0 Å². The standard InChI is InChI=1S/C25H31N7/c1-19(2)28-24-23(26-17-20-7-5-4-6-8-20)18-27-25(30-24)29-21-9-11-22(12-10-21)32-15-13-31(3)14-16-32/h4-12,17-19H,13-16H2,1-3H3,(H2,27,28,29,30). The molecule has 1 aliphatic heterocycles. The van der Waals surface area contributed by atoms with Crippen molar-refractivity contribution in [1.29, 1.82) is 0 Å². The van der Waals surface area contributed by atoms with Gasteiger partial charge in [-0.3, -0.25) is 4.99 Å². The monoisotopic (exact) mass is 429 g/mol. The highest BCUT2D eigenvalue weighted by molar-refractivity contribution is 5.83. The van der Waals surface area contributed by atoms with Crippen molar-refractivity contribution >= 4 is 35.0 Å². The average Bonchev–Trinajstić information content (AvgIpc) is 2.80. The van der Waals surface area contributed by atoms with Crippen molar-refractivity contribution in [2.24, 2.45) is 4.99 Å². The van der Waals surface area contributed by atoms with Crippen LogP contribution in [-0.2, 0) is 0 Å². The number of hydrogen-bond acceptors (Lipinski definition) is 7. The Morgan fingerprint density at radius 1 is 0.969 bits per heavy atom. The van der Waals surface area contributed by atoms with Gasteiger partial charge >= 0.3 is 0 Å². The molecule has 0 amide bonds. The molecular formula is C25H31N7. The summed E-state index contributed by atoms with van der Waals surface area (Å²) in [6.45, 7) is 8.47. The first-order valence-electron chi connectivity index (χ1n) is 11.1. The van der Waals surface area contributed by atoms with Crippen LogP contribution in [0.1, 0.15) is 19.4 Å². The number of benzene rings is 2. The van der Waals surface area contributed by atoms with Crippen LogP contribution in [0.4, 0.5) is 28.8 Å². The molecule has 166 valence electrons. The van der Waals surface area contributed by atoms with Crippen molar-refractivity contribution in [1.82, 2.24) is 14.9 Å². The lowest BCUT2D eigenvalue weighted by molar-refractivity contribution is 0.313. The van der Waals surface area contributed by atoms with E-state index in [1.165, 1.54) is 5.69 Å². The number of likely N-dealkylation sites (N-methyl/N-ethyl adjacent to an activating group) is 1. The van der Waals surface area contributed by atoms with Gasteiger partial charge in [-0.1, -0.05) is 30.3 Å². The summed E-state index contributed by atoms with van der Waals surface area (Å²) >= 11 is 0. The van der Waals surface area contributed by atoms with E-state index in [1.807, 2.05) is 36.5 Å². The Bertz CT molecular complexity index is 1020. The Labute approximate surface area is 190 Å². The number of piperazine rings is 1. The molecule has 0 aliphatic carbocycles. The maximum atomic E-state index is 4.68. The molecule has 0 unspecified atom stereocenters. The predicted octanol–water partition coefficient (Wildman–Crippen LogP) is 4.54. The van der Waals surface area contributed by atoms with Gasteiger partial charge in [0.05, 0.1) is 6.20 Å². The zero-order valence-electron chi connectivity index (χ0n) is 19.0. The summed E-state index contributed by atoms with van der Waals surface area (Å²) in [5, 5.41) is 6.69. The molecule has 2 aromatic carbocycles. The summed E-state index contributed by atoms with van der Waals surface area (Å²) in [7, 11) is 2.17. The first kappa shape index (κ1) is 21.8. The Balaban J connectivity index is 1.48. The molecule has 3 aromatic rings. The summed E-state index contributed by atoms with van der Waals surface area (Å²) in [6.07, 6.45) is 3.58. The zero-order valence-corrected chi connectivity index (χ0v) is 19.0. The third-order valence-corrected chi connectivity index (χ3v) is 5.34. The molecule has 7 heteroatoms. The highest BCUT2D eigenvalue weighted by atomic mass is 15.2. The third-order valence-electron chi connectivity index (χ3n) is 5.34. The van der Waals surface area contributed by atoms with E-state index in [-0.39, 0.29) is 6.04 Å². The molecule has 1 aliphatic rings. The molecule has 0 radical (unpaired) electrons. The molecule has 7 nitrogen and oxygen atoms in total. The molecule has 0 atom stereocenters. The highest BCUT2D eigenvalue weighted by Gasteiger charge is 2.14. The maximum Gasteiger partial charge on any atom is 0.229 e. The first-order valence-corrected chi connectivity index (χ1v) is 11.1. The van der Waals surface area contributed by atoms with E-state index in [0.29, 0.717) is 17.5 Å². The molecule has 0 bridgehead atoms. The average molecular weight is 430 g/mol. The van der Waals surface area contributed by atoms with Crippen LogP contribution in [0, 0.1) is 0 Å². The summed E-state index contributed by atoms with van der Waals surface area (Å²) < 4.78 is 0. The van der Waals surface area contributed by atoms with Crippen molar-refractivity contribution in [2.45, 2.75) is 19.9 Å². The van der Waals surface area contributed by atoms with Gasteiger partial charge < -0.3 is 20.4 Å². The van der Waals surface area contributed by atoms with Crippen molar-refractivity contribution < 1.29 is 0 Å². The SMILES string of the molecule is CC(C)Nc1nc(Nc2ccc(N3CCN(C)CC3)cc2)ncc1N=Cc1ccccc1. The van der Waals surface area contributed by atoms with Gasteiger partial charge in [0.15, 0.2) is 5.82 Å². The van der Waals surface area contributed by atoms with Crippen LogP contribution >= 0.6 is 0 Å². The van der Waals surface area contributed by atoms with Crippen molar-refractivity contribution in [2.75, 3.05) is 48.8 Å². The quantitative estimate of drug-likeness (QED) is 0.538. The second-order valence-corrected chi connectivity index (χ2v) is 8.36. The largest absolute Gasteiger partial charge is 0.369 e. The second-order valence-electron chi connectivity index (χ2n) is 8.36. The van der Waals surface area contributed by atoms with Crippen LogP contribution < -0.4 is 15.5 Å². The minimum Gasteiger partial charge on any atom is -0.369 e. The van der Waals surface area contributed by atoms with Crippen molar-refractivity contribution in [3.63, 3.8) is 0 Å². The number of aromatic nitrogens is 2. The molecule has 4 rings (SSSR count). The number of rotatable bonds is 7. The van der Waals surface area contributed by atoms with E-state index in [9.17, 15) is 0 Å². The van der Waals surface area contributed by atoms with Gasteiger partial charge in [0.2, 0.25) is 5.95 Å². The van der Waals surface area contributed by atoms with Crippen LogP contribution in [0.3, 0.4) is 0 Å². The van der Waals surface area contributed by atoms with Crippen LogP contribution in [0.15, 0.2) is 65.8 Å². The van der Waals surface area contributed by atoms with E-state index in [0.717, 1.165) is 37.4 Å².